The van der Waals surface area contributed by atoms with Crippen LogP contribution in [0.5, 0.6) is 0 Å². The van der Waals surface area contributed by atoms with Crippen molar-refractivity contribution in [2.45, 2.75) is 63.3 Å². The Labute approximate surface area is 122 Å². The van der Waals surface area contributed by atoms with Gasteiger partial charge in [-0.2, -0.15) is 0 Å². The molecule has 1 amide bonds. The maximum absolute atomic E-state index is 13.3. The van der Waals surface area contributed by atoms with Crippen molar-refractivity contribution >= 4 is 5.91 Å². The topological polar surface area (TPSA) is 20.3 Å². The monoisotopic (exact) mass is 271 g/mol. The largest absolute Gasteiger partial charge is 0.339 e. The van der Waals surface area contributed by atoms with Crippen molar-refractivity contribution in [2.24, 2.45) is 0 Å². The fourth-order valence-corrected chi connectivity index (χ4v) is 4.04. The van der Waals surface area contributed by atoms with Crippen LogP contribution in [0.15, 0.2) is 30.3 Å². The van der Waals surface area contributed by atoms with Gasteiger partial charge in [-0.3, -0.25) is 4.79 Å². The van der Waals surface area contributed by atoms with Crippen LogP contribution >= 0.6 is 0 Å². The third-order valence-corrected chi connectivity index (χ3v) is 5.26. The number of carbonyl (C=O) groups excluding carboxylic acids is 1. The Morgan fingerprint density at radius 2 is 1.80 bits per heavy atom. The Balaban J connectivity index is 1.92. The van der Waals surface area contributed by atoms with Gasteiger partial charge in [-0.05, 0) is 44.6 Å². The van der Waals surface area contributed by atoms with Crippen LogP contribution in [0, 0.1) is 0 Å². The molecule has 0 radical (unpaired) electrons. The van der Waals surface area contributed by atoms with E-state index in [0.29, 0.717) is 11.9 Å². The highest BCUT2D eigenvalue weighted by molar-refractivity contribution is 5.89. The summed E-state index contributed by atoms with van der Waals surface area (Å²) >= 11 is 0. The maximum atomic E-state index is 13.3. The molecule has 1 aromatic rings. The van der Waals surface area contributed by atoms with E-state index in [4.69, 9.17) is 0 Å². The minimum Gasteiger partial charge on any atom is -0.339 e. The molecule has 1 aliphatic heterocycles. The van der Waals surface area contributed by atoms with Crippen molar-refractivity contribution in [3.05, 3.63) is 35.9 Å². The first-order valence-electron chi connectivity index (χ1n) is 8.11. The zero-order valence-corrected chi connectivity index (χ0v) is 12.5. The molecular weight excluding hydrogens is 246 g/mol. The highest BCUT2D eigenvalue weighted by Gasteiger charge is 2.45. The summed E-state index contributed by atoms with van der Waals surface area (Å²) in [4.78, 5) is 15.4. The van der Waals surface area contributed by atoms with E-state index in [2.05, 4.69) is 36.1 Å². The van der Waals surface area contributed by atoms with Gasteiger partial charge in [-0.25, -0.2) is 0 Å². The summed E-state index contributed by atoms with van der Waals surface area (Å²) in [5.41, 5.74) is 1.01. The molecule has 3 rings (SSSR count). The lowest BCUT2D eigenvalue weighted by Crippen LogP contribution is -2.51. The Bertz CT molecular complexity index is 462. The SMILES string of the molecule is CC1CCCCN1C(=O)C1(c2ccccc2)CCCC1. The van der Waals surface area contributed by atoms with Gasteiger partial charge in [0.15, 0.2) is 0 Å². The lowest BCUT2D eigenvalue weighted by Gasteiger charge is -2.40. The van der Waals surface area contributed by atoms with Crippen molar-refractivity contribution in [2.75, 3.05) is 6.54 Å². The number of rotatable bonds is 2. The number of carbonyl (C=O) groups is 1. The summed E-state index contributed by atoms with van der Waals surface area (Å²) in [6.45, 7) is 3.17. The number of hydrogen-bond donors (Lipinski definition) is 0. The average Bonchev–Trinajstić information content (AvgIpc) is 2.99. The van der Waals surface area contributed by atoms with E-state index >= 15 is 0 Å². The van der Waals surface area contributed by atoms with E-state index in [0.717, 1.165) is 25.8 Å². The Hall–Kier alpha value is -1.31. The summed E-state index contributed by atoms with van der Waals surface area (Å²) in [5, 5.41) is 0. The second-order valence-corrected chi connectivity index (χ2v) is 6.50. The predicted octanol–water partition coefficient (Wildman–Crippen LogP) is 3.90. The first-order valence-corrected chi connectivity index (χ1v) is 8.11. The second kappa shape index (κ2) is 5.59. The van der Waals surface area contributed by atoms with Crippen molar-refractivity contribution in [1.82, 2.24) is 4.90 Å². The van der Waals surface area contributed by atoms with Crippen molar-refractivity contribution in [3.8, 4) is 0 Å². The normalized spacial score (nSPS) is 25.6. The van der Waals surface area contributed by atoms with E-state index in [1.54, 1.807) is 0 Å². The minimum absolute atomic E-state index is 0.229. The molecule has 2 aliphatic rings. The fraction of sp³-hybridized carbons (Fsp3) is 0.611. The third-order valence-electron chi connectivity index (χ3n) is 5.26. The zero-order valence-electron chi connectivity index (χ0n) is 12.5. The van der Waals surface area contributed by atoms with Crippen LogP contribution < -0.4 is 0 Å². The van der Waals surface area contributed by atoms with Crippen LogP contribution in [0.1, 0.15) is 57.4 Å². The smallest absolute Gasteiger partial charge is 0.233 e. The molecule has 1 aromatic carbocycles. The summed E-state index contributed by atoms with van der Waals surface area (Å²) in [6.07, 6.45) is 8.02. The summed E-state index contributed by atoms with van der Waals surface area (Å²) < 4.78 is 0. The molecular formula is C18H25NO. The van der Waals surface area contributed by atoms with E-state index in [1.807, 2.05) is 6.07 Å². The molecule has 0 bridgehead atoms. The number of nitrogens with zero attached hydrogens (tertiary/aromatic N) is 1. The van der Waals surface area contributed by atoms with Crippen molar-refractivity contribution < 1.29 is 4.79 Å². The molecule has 2 heteroatoms. The van der Waals surface area contributed by atoms with Crippen LogP contribution in [0.4, 0.5) is 0 Å². The Morgan fingerprint density at radius 3 is 2.45 bits per heavy atom. The van der Waals surface area contributed by atoms with Gasteiger partial charge in [0.1, 0.15) is 0 Å². The summed E-state index contributed by atoms with van der Waals surface area (Å²) in [7, 11) is 0. The highest BCUT2D eigenvalue weighted by atomic mass is 16.2. The lowest BCUT2D eigenvalue weighted by atomic mass is 9.77. The predicted molar refractivity (Wildman–Crippen MR) is 81.6 cm³/mol. The zero-order chi connectivity index (χ0) is 14.0. The molecule has 1 unspecified atom stereocenters. The van der Waals surface area contributed by atoms with Crippen LogP contribution in [-0.2, 0) is 10.2 Å². The number of likely N-dealkylation sites (tertiary alicyclic amines) is 1. The molecule has 1 saturated carbocycles. The van der Waals surface area contributed by atoms with Crippen LogP contribution in [-0.4, -0.2) is 23.4 Å². The number of piperidine rings is 1. The average molecular weight is 271 g/mol. The van der Waals surface area contributed by atoms with Crippen LogP contribution in [0.25, 0.3) is 0 Å². The molecule has 1 saturated heterocycles. The Morgan fingerprint density at radius 1 is 1.10 bits per heavy atom. The standard InChI is InChI=1S/C18H25NO/c1-15-9-5-8-14-19(15)17(20)18(12-6-7-13-18)16-10-3-2-4-11-16/h2-4,10-11,15H,5-9,12-14H2,1H3. The minimum atomic E-state index is -0.229. The second-order valence-electron chi connectivity index (χ2n) is 6.50. The van der Waals surface area contributed by atoms with E-state index in [1.165, 1.54) is 31.2 Å². The molecule has 0 aromatic heterocycles. The van der Waals surface area contributed by atoms with E-state index in [-0.39, 0.29) is 5.41 Å². The molecule has 1 atom stereocenters. The molecule has 108 valence electrons. The summed E-state index contributed by atoms with van der Waals surface area (Å²) in [5.74, 6) is 0.397. The van der Waals surface area contributed by atoms with Gasteiger partial charge in [0, 0.05) is 12.6 Å². The van der Waals surface area contributed by atoms with E-state index < -0.39 is 0 Å². The number of benzene rings is 1. The van der Waals surface area contributed by atoms with Gasteiger partial charge in [0.05, 0.1) is 5.41 Å². The van der Waals surface area contributed by atoms with Gasteiger partial charge >= 0.3 is 0 Å². The molecule has 0 spiro atoms. The van der Waals surface area contributed by atoms with Crippen LogP contribution in [0.2, 0.25) is 0 Å². The number of amides is 1. The lowest BCUT2D eigenvalue weighted by molar-refractivity contribution is -0.140. The molecule has 1 aliphatic carbocycles. The Kier molecular flexibility index (Phi) is 3.82. The molecule has 1 heterocycles. The van der Waals surface area contributed by atoms with Crippen molar-refractivity contribution in [3.63, 3.8) is 0 Å². The van der Waals surface area contributed by atoms with Gasteiger partial charge in [-0.1, -0.05) is 43.2 Å². The first-order chi connectivity index (χ1) is 9.74. The quantitative estimate of drug-likeness (QED) is 0.799. The molecule has 2 fully saturated rings. The van der Waals surface area contributed by atoms with E-state index in [9.17, 15) is 4.79 Å². The van der Waals surface area contributed by atoms with Crippen LogP contribution in [0.3, 0.4) is 0 Å². The molecule has 2 nitrogen and oxygen atoms in total. The summed E-state index contributed by atoms with van der Waals surface area (Å²) in [6, 6.07) is 10.9. The highest BCUT2D eigenvalue weighted by Crippen LogP contribution is 2.43. The van der Waals surface area contributed by atoms with Crippen molar-refractivity contribution in [1.29, 1.82) is 0 Å². The fourth-order valence-electron chi connectivity index (χ4n) is 4.04. The van der Waals surface area contributed by atoms with Gasteiger partial charge in [0.25, 0.3) is 0 Å². The third kappa shape index (κ3) is 2.25. The first kappa shape index (κ1) is 13.7. The maximum Gasteiger partial charge on any atom is 0.233 e. The van der Waals surface area contributed by atoms with Gasteiger partial charge in [-0.15, -0.1) is 0 Å². The van der Waals surface area contributed by atoms with Gasteiger partial charge in [0.2, 0.25) is 5.91 Å². The number of hydrogen-bond acceptors (Lipinski definition) is 1. The van der Waals surface area contributed by atoms with Gasteiger partial charge < -0.3 is 4.90 Å². The molecule has 0 N–H and O–H groups in total. The molecule has 20 heavy (non-hydrogen) atoms.